The Hall–Kier alpha value is -3.81. The molecule has 7 nitrogen and oxygen atoms in total. The van der Waals surface area contributed by atoms with Gasteiger partial charge in [0.2, 0.25) is 0 Å². The van der Waals surface area contributed by atoms with E-state index in [1.54, 1.807) is 43.3 Å². The number of esters is 1. The zero-order chi connectivity index (χ0) is 21.4. The molecule has 4 rings (SSSR count). The second kappa shape index (κ2) is 7.55. The first-order valence-electron chi connectivity index (χ1n) is 9.23. The molecule has 0 spiro atoms. The predicted molar refractivity (Wildman–Crippen MR) is 103 cm³/mol. The number of rotatable bonds is 5. The Bertz CT molecular complexity index is 1120. The van der Waals surface area contributed by atoms with E-state index in [4.69, 9.17) is 9.26 Å². The lowest BCUT2D eigenvalue weighted by molar-refractivity contribution is -0.149. The monoisotopic (exact) mass is 408 g/mol. The number of carbonyl (C=O) groups excluding carboxylic acids is 3. The van der Waals surface area contributed by atoms with E-state index < -0.39 is 23.8 Å². The Kier molecular flexibility index (Phi) is 4.91. The van der Waals surface area contributed by atoms with Crippen molar-refractivity contribution in [2.75, 3.05) is 0 Å². The summed E-state index contributed by atoms with van der Waals surface area (Å²) < 4.78 is 23.7. The molecule has 1 aliphatic rings. The SMILES string of the molecule is Cc1c(COC(=O)[C@H](C)N2C(=O)c3ccccc3C2=O)noc1-c1ccc(F)cc1. The van der Waals surface area contributed by atoms with Gasteiger partial charge in [-0.15, -0.1) is 0 Å². The van der Waals surface area contributed by atoms with E-state index in [1.807, 2.05) is 0 Å². The second-order valence-electron chi connectivity index (χ2n) is 6.90. The third-order valence-electron chi connectivity index (χ3n) is 5.03. The van der Waals surface area contributed by atoms with E-state index >= 15 is 0 Å². The average Bonchev–Trinajstić information content (AvgIpc) is 3.24. The Morgan fingerprint density at radius 3 is 2.30 bits per heavy atom. The van der Waals surface area contributed by atoms with Crippen molar-refractivity contribution in [1.82, 2.24) is 10.1 Å². The molecule has 2 heterocycles. The molecule has 3 aromatic rings. The number of imide groups is 1. The summed E-state index contributed by atoms with van der Waals surface area (Å²) in [6, 6.07) is 11.0. The summed E-state index contributed by atoms with van der Waals surface area (Å²) in [5, 5.41) is 3.91. The summed E-state index contributed by atoms with van der Waals surface area (Å²) in [6.45, 7) is 2.98. The number of amides is 2. The van der Waals surface area contributed by atoms with Gasteiger partial charge in [-0.2, -0.15) is 0 Å². The van der Waals surface area contributed by atoms with Crippen LogP contribution < -0.4 is 0 Å². The van der Waals surface area contributed by atoms with Crippen molar-refractivity contribution in [3.8, 4) is 11.3 Å². The van der Waals surface area contributed by atoms with Crippen LogP contribution in [-0.2, 0) is 16.1 Å². The Labute approximate surface area is 171 Å². The van der Waals surface area contributed by atoms with Crippen LogP contribution in [0, 0.1) is 12.7 Å². The molecule has 0 radical (unpaired) electrons. The predicted octanol–water partition coefficient (Wildman–Crippen LogP) is 3.52. The number of aromatic nitrogens is 1. The minimum Gasteiger partial charge on any atom is -0.457 e. The first-order valence-corrected chi connectivity index (χ1v) is 9.23. The van der Waals surface area contributed by atoms with E-state index in [2.05, 4.69) is 5.16 Å². The summed E-state index contributed by atoms with van der Waals surface area (Å²) in [4.78, 5) is 38.4. The van der Waals surface area contributed by atoms with Crippen molar-refractivity contribution >= 4 is 17.8 Å². The standard InChI is InChI=1S/C22H17FN2O5/c1-12-18(24-30-19(12)14-7-9-15(23)10-8-14)11-29-22(28)13(2)25-20(26)16-5-3-4-6-17(16)21(25)27/h3-10,13H,11H2,1-2H3/t13-/m0/s1. The van der Waals surface area contributed by atoms with Crippen LogP contribution in [-0.4, -0.2) is 33.9 Å². The molecule has 2 aromatic carbocycles. The van der Waals surface area contributed by atoms with Gasteiger partial charge in [0.05, 0.1) is 11.1 Å². The van der Waals surface area contributed by atoms with Crippen LogP contribution in [0.4, 0.5) is 4.39 Å². The van der Waals surface area contributed by atoms with Crippen molar-refractivity contribution < 1.29 is 28.0 Å². The summed E-state index contributed by atoms with van der Waals surface area (Å²) in [6.07, 6.45) is 0. The number of carbonyl (C=O) groups is 3. The van der Waals surface area contributed by atoms with E-state index in [0.29, 0.717) is 22.6 Å². The van der Waals surface area contributed by atoms with Gasteiger partial charge in [0.1, 0.15) is 24.2 Å². The molecule has 0 saturated heterocycles. The third kappa shape index (κ3) is 3.26. The second-order valence-corrected chi connectivity index (χ2v) is 6.90. The summed E-state index contributed by atoms with van der Waals surface area (Å²) >= 11 is 0. The first kappa shape index (κ1) is 19.5. The molecule has 1 aliphatic heterocycles. The number of hydrogen-bond donors (Lipinski definition) is 0. The fourth-order valence-corrected chi connectivity index (χ4v) is 3.30. The van der Waals surface area contributed by atoms with Crippen LogP contribution in [0.1, 0.15) is 38.9 Å². The average molecular weight is 408 g/mol. The van der Waals surface area contributed by atoms with Crippen LogP contribution in [0.15, 0.2) is 53.1 Å². The van der Waals surface area contributed by atoms with Crippen molar-refractivity contribution in [1.29, 1.82) is 0 Å². The van der Waals surface area contributed by atoms with Crippen molar-refractivity contribution in [3.05, 3.63) is 76.7 Å². The summed E-state index contributed by atoms with van der Waals surface area (Å²) in [5.74, 6) is -1.73. The molecule has 152 valence electrons. The van der Waals surface area contributed by atoms with Crippen molar-refractivity contribution in [3.63, 3.8) is 0 Å². The van der Waals surface area contributed by atoms with Gasteiger partial charge in [0.25, 0.3) is 11.8 Å². The van der Waals surface area contributed by atoms with Crippen LogP contribution in [0.25, 0.3) is 11.3 Å². The van der Waals surface area contributed by atoms with Gasteiger partial charge >= 0.3 is 5.97 Å². The lowest BCUT2D eigenvalue weighted by Gasteiger charge is -2.20. The molecule has 1 aromatic heterocycles. The molecule has 0 fully saturated rings. The van der Waals surface area contributed by atoms with E-state index in [9.17, 15) is 18.8 Å². The number of fused-ring (bicyclic) bond motifs is 1. The molecular weight excluding hydrogens is 391 g/mol. The largest absolute Gasteiger partial charge is 0.457 e. The zero-order valence-electron chi connectivity index (χ0n) is 16.2. The number of ether oxygens (including phenoxy) is 1. The van der Waals surface area contributed by atoms with Crippen LogP contribution >= 0.6 is 0 Å². The van der Waals surface area contributed by atoms with Gasteiger partial charge in [-0.05, 0) is 50.2 Å². The number of benzene rings is 2. The van der Waals surface area contributed by atoms with E-state index in [0.717, 1.165) is 4.90 Å². The molecule has 0 N–H and O–H groups in total. The van der Waals surface area contributed by atoms with Gasteiger partial charge in [-0.25, -0.2) is 9.18 Å². The van der Waals surface area contributed by atoms with Gasteiger partial charge in [0.15, 0.2) is 5.76 Å². The highest BCUT2D eigenvalue weighted by Gasteiger charge is 2.41. The van der Waals surface area contributed by atoms with Crippen molar-refractivity contribution in [2.45, 2.75) is 26.5 Å². The molecule has 0 aliphatic carbocycles. The van der Waals surface area contributed by atoms with E-state index in [-0.39, 0.29) is 23.6 Å². The minimum absolute atomic E-state index is 0.192. The lowest BCUT2D eigenvalue weighted by Crippen LogP contribution is -2.43. The van der Waals surface area contributed by atoms with Gasteiger partial charge in [-0.1, -0.05) is 17.3 Å². The highest BCUT2D eigenvalue weighted by Crippen LogP contribution is 2.27. The quantitative estimate of drug-likeness (QED) is 0.474. The maximum Gasteiger partial charge on any atom is 0.329 e. The Balaban J connectivity index is 1.45. The molecule has 2 amide bonds. The van der Waals surface area contributed by atoms with Crippen LogP contribution in [0.5, 0.6) is 0 Å². The summed E-state index contributed by atoms with van der Waals surface area (Å²) in [7, 11) is 0. The molecule has 1 atom stereocenters. The molecule has 30 heavy (non-hydrogen) atoms. The lowest BCUT2D eigenvalue weighted by atomic mass is 10.1. The maximum atomic E-state index is 13.1. The van der Waals surface area contributed by atoms with Gasteiger partial charge < -0.3 is 9.26 Å². The highest BCUT2D eigenvalue weighted by atomic mass is 19.1. The minimum atomic E-state index is -1.10. The number of hydrogen-bond acceptors (Lipinski definition) is 6. The van der Waals surface area contributed by atoms with Crippen molar-refractivity contribution in [2.24, 2.45) is 0 Å². The zero-order valence-corrected chi connectivity index (χ0v) is 16.2. The van der Waals surface area contributed by atoms with E-state index in [1.165, 1.54) is 19.1 Å². The molecule has 8 heteroatoms. The van der Waals surface area contributed by atoms with Gasteiger partial charge in [-0.3, -0.25) is 14.5 Å². The third-order valence-corrected chi connectivity index (χ3v) is 5.03. The molecular formula is C22H17FN2O5. The van der Waals surface area contributed by atoms with Gasteiger partial charge in [0, 0.05) is 11.1 Å². The first-order chi connectivity index (χ1) is 14.4. The molecule has 0 unspecified atom stereocenters. The molecule has 0 bridgehead atoms. The smallest absolute Gasteiger partial charge is 0.329 e. The Morgan fingerprint density at radius 1 is 1.10 bits per heavy atom. The highest BCUT2D eigenvalue weighted by molar-refractivity contribution is 6.22. The fraction of sp³-hybridized carbons (Fsp3) is 0.182. The maximum absolute atomic E-state index is 13.1. The van der Waals surface area contributed by atoms with Crippen LogP contribution in [0.2, 0.25) is 0 Å². The Morgan fingerprint density at radius 2 is 1.70 bits per heavy atom. The van der Waals surface area contributed by atoms with Crippen LogP contribution in [0.3, 0.4) is 0 Å². The topological polar surface area (TPSA) is 89.7 Å². The molecule has 0 saturated carbocycles. The number of nitrogens with zero attached hydrogens (tertiary/aromatic N) is 2. The number of halogens is 1. The summed E-state index contributed by atoms with van der Waals surface area (Å²) in [5.41, 5.74) is 2.19. The normalized spacial score (nSPS) is 14.0. The fourth-order valence-electron chi connectivity index (χ4n) is 3.30.